The van der Waals surface area contributed by atoms with Crippen LogP contribution in [0.1, 0.15) is 34.1 Å². The van der Waals surface area contributed by atoms with Gasteiger partial charge in [-0.3, -0.25) is 0 Å². The Morgan fingerprint density at radius 2 is 1.36 bits per heavy atom. The van der Waals surface area contributed by atoms with Crippen LogP contribution < -0.4 is 0 Å². The normalized spacial score (nSPS) is 8.36. The topological polar surface area (TPSA) is 35.5 Å². The standard InChI is InChI=1S/C4H10O2.C4H8O/c1-3-5-6-4-2;1-3-4(2)5/h3-4H2,1-2H3;3H2,1-2H3. The second kappa shape index (κ2) is 12.3. The number of ketones is 1. The molecule has 0 bridgehead atoms. The van der Waals surface area contributed by atoms with Crippen molar-refractivity contribution in [2.24, 2.45) is 0 Å². The predicted molar refractivity (Wildman–Crippen MR) is 44.2 cm³/mol. The van der Waals surface area contributed by atoms with Crippen LogP contribution in [0.3, 0.4) is 0 Å². The van der Waals surface area contributed by atoms with Crippen LogP contribution in [-0.4, -0.2) is 19.0 Å². The second-order valence-electron chi connectivity index (χ2n) is 1.87. The van der Waals surface area contributed by atoms with Crippen molar-refractivity contribution >= 4 is 5.78 Å². The molecule has 0 atom stereocenters. The van der Waals surface area contributed by atoms with Crippen molar-refractivity contribution in [2.45, 2.75) is 34.1 Å². The molecular weight excluding hydrogens is 144 g/mol. The molecule has 0 aliphatic heterocycles. The zero-order chi connectivity index (χ0) is 9.11. The minimum Gasteiger partial charge on any atom is -0.300 e. The van der Waals surface area contributed by atoms with Gasteiger partial charge in [-0.25, -0.2) is 9.78 Å². The van der Waals surface area contributed by atoms with E-state index in [1.54, 1.807) is 6.92 Å². The molecule has 0 aliphatic rings. The molecule has 0 aromatic carbocycles. The van der Waals surface area contributed by atoms with Crippen molar-refractivity contribution in [3.8, 4) is 0 Å². The van der Waals surface area contributed by atoms with Gasteiger partial charge in [-0.2, -0.15) is 0 Å². The maximum atomic E-state index is 9.81. The molecule has 0 N–H and O–H groups in total. The molecular formula is C8H18O3. The van der Waals surface area contributed by atoms with E-state index in [2.05, 4.69) is 9.78 Å². The smallest absolute Gasteiger partial charge is 0.129 e. The lowest BCUT2D eigenvalue weighted by atomic mass is 10.4. The minimum atomic E-state index is 0.255. The van der Waals surface area contributed by atoms with Gasteiger partial charge in [0.25, 0.3) is 0 Å². The monoisotopic (exact) mass is 162 g/mol. The quantitative estimate of drug-likeness (QED) is 0.360. The number of rotatable bonds is 4. The Morgan fingerprint density at radius 3 is 1.45 bits per heavy atom. The van der Waals surface area contributed by atoms with E-state index in [-0.39, 0.29) is 5.78 Å². The van der Waals surface area contributed by atoms with E-state index in [4.69, 9.17) is 0 Å². The lowest BCUT2D eigenvalue weighted by Crippen LogP contribution is -1.90. The highest BCUT2D eigenvalue weighted by Gasteiger charge is 1.76. The van der Waals surface area contributed by atoms with E-state index in [1.807, 2.05) is 20.8 Å². The summed E-state index contributed by atoms with van der Waals surface area (Å²) in [6.07, 6.45) is 0.667. The van der Waals surface area contributed by atoms with Crippen molar-refractivity contribution < 1.29 is 14.6 Å². The first-order chi connectivity index (χ1) is 5.18. The zero-order valence-corrected chi connectivity index (χ0v) is 7.85. The summed E-state index contributed by atoms with van der Waals surface area (Å²) in [6.45, 7) is 8.47. The fraction of sp³-hybridized carbons (Fsp3) is 0.875. The summed E-state index contributed by atoms with van der Waals surface area (Å²) < 4.78 is 0. The lowest BCUT2D eigenvalue weighted by Gasteiger charge is -1.92. The van der Waals surface area contributed by atoms with Crippen molar-refractivity contribution in [1.29, 1.82) is 0 Å². The van der Waals surface area contributed by atoms with Gasteiger partial charge in [-0.05, 0) is 20.8 Å². The van der Waals surface area contributed by atoms with Crippen LogP contribution in [0.5, 0.6) is 0 Å². The molecule has 0 aliphatic carbocycles. The number of carbonyl (C=O) groups is 1. The average molecular weight is 162 g/mol. The summed E-state index contributed by atoms with van der Waals surface area (Å²) in [4.78, 5) is 18.8. The second-order valence-corrected chi connectivity index (χ2v) is 1.87. The Kier molecular flexibility index (Phi) is 14.7. The molecule has 0 rings (SSSR count). The molecule has 0 fully saturated rings. The highest BCUT2D eigenvalue weighted by atomic mass is 17.2. The average Bonchev–Trinajstić information content (AvgIpc) is 2.02. The van der Waals surface area contributed by atoms with E-state index in [1.165, 1.54) is 0 Å². The maximum absolute atomic E-state index is 9.81. The van der Waals surface area contributed by atoms with Crippen LogP contribution in [0.25, 0.3) is 0 Å². The van der Waals surface area contributed by atoms with Gasteiger partial charge in [0.2, 0.25) is 0 Å². The molecule has 3 heteroatoms. The summed E-state index contributed by atoms with van der Waals surface area (Å²) in [7, 11) is 0. The fourth-order valence-corrected chi connectivity index (χ4v) is 0.167. The summed E-state index contributed by atoms with van der Waals surface area (Å²) in [5.41, 5.74) is 0. The molecule has 0 amide bonds. The van der Waals surface area contributed by atoms with Gasteiger partial charge in [0.05, 0.1) is 13.2 Å². The van der Waals surface area contributed by atoms with Crippen molar-refractivity contribution in [1.82, 2.24) is 0 Å². The molecule has 0 unspecified atom stereocenters. The Morgan fingerprint density at radius 1 is 1.09 bits per heavy atom. The Bertz CT molecular complexity index is 77.4. The zero-order valence-electron chi connectivity index (χ0n) is 7.85. The van der Waals surface area contributed by atoms with Gasteiger partial charge in [-0.15, -0.1) is 0 Å². The molecule has 0 spiro atoms. The first-order valence-corrected chi connectivity index (χ1v) is 3.92. The Hall–Kier alpha value is -0.410. The van der Waals surface area contributed by atoms with Gasteiger partial charge in [0.15, 0.2) is 0 Å². The van der Waals surface area contributed by atoms with E-state index in [9.17, 15) is 4.79 Å². The van der Waals surface area contributed by atoms with Crippen LogP contribution in [0, 0.1) is 0 Å². The molecule has 3 nitrogen and oxygen atoms in total. The summed E-state index contributed by atoms with van der Waals surface area (Å²) in [6, 6.07) is 0. The molecule has 68 valence electrons. The molecule has 0 saturated heterocycles. The molecule has 0 aromatic heterocycles. The van der Waals surface area contributed by atoms with Crippen LogP contribution in [-0.2, 0) is 14.6 Å². The summed E-state index contributed by atoms with van der Waals surface area (Å²) in [5.74, 6) is 0.255. The van der Waals surface area contributed by atoms with Gasteiger partial charge in [0.1, 0.15) is 5.78 Å². The van der Waals surface area contributed by atoms with E-state index >= 15 is 0 Å². The van der Waals surface area contributed by atoms with Crippen LogP contribution in [0.4, 0.5) is 0 Å². The number of hydrogen-bond donors (Lipinski definition) is 0. The minimum absolute atomic E-state index is 0.255. The highest BCUT2D eigenvalue weighted by Crippen LogP contribution is 1.72. The van der Waals surface area contributed by atoms with E-state index in [0.29, 0.717) is 19.6 Å². The van der Waals surface area contributed by atoms with Gasteiger partial charge < -0.3 is 4.79 Å². The van der Waals surface area contributed by atoms with Crippen LogP contribution in [0.2, 0.25) is 0 Å². The van der Waals surface area contributed by atoms with Crippen LogP contribution >= 0.6 is 0 Å². The van der Waals surface area contributed by atoms with Crippen molar-refractivity contribution in [2.75, 3.05) is 13.2 Å². The van der Waals surface area contributed by atoms with E-state index < -0.39 is 0 Å². The summed E-state index contributed by atoms with van der Waals surface area (Å²) >= 11 is 0. The molecule has 0 aromatic rings. The number of Topliss-reactive ketones (excluding diaryl/α,β-unsaturated/α-hetero) is 1. The van der Waals surface area contributed by atoms with Crippen molar-refractivity contribution in [3.05, 3.63) is 0 Å². The predicted octanol–water partition coefficient (Wildman–Crippen LogP) is 1.96. The molecule has 0 saturated carbocycles. The molecule has 0 heterocycles. The Labute approximate surface area is 68.6 Å². The van der Waals surface area contributed by atoms with Gasteiger partial charge in [-0.1, -0.05) is 6.92 Å². The largest absolute Gasteiger partial charge is 0.300 e. The Balaban J connectivity index is 0. The third-order valence-corrected chi connectivity index (χ3v) is 0.817. The third-order valence-electron chi connectivity index (χ3n) is 0.817. The highest BCUT2D eigenvalue weighted by molar-refractivity contribution is 5.74. The fourth-order valence-electron chi connectivity index (χ4n) is 0.167. The first kappa shape index (κ1) is 13.2. The van der Waals surface area contributed by atoms with Gasteiger partial charge >= 0.3 is 0 Å². The van der Waals surface area contributed by atoms with Gasteiger partial charge in [0, 0.05) is 6.42 Å². The lowest BCUT2D eigenvalue weighted by molar-refractivity contribution is -0.287. The first-order valence-electron chi connectivity index (χ1n) is 3.92. The van der Waals surface area contributed by atoms with Crippen molar-refractivity contribution in [3.63, 3.8) is 0 Å². The van der Waals surface area contributed by atoms with Crippen LogP contribution in [0.15, 0.2) is 0 Å². The summed E-state index contributed by atoms with van der Waals surface area (Å²) in [5, 5.41) is 0. The number of carbonyl (C=O) groups excluding carboxylic acids is 1. The third kappa shape index (κ3) is 26.2. The molecule has 11 heavy (non-hydrogen) atoms. The SMILES string of the molecule is CCC(C)=O.CCOOCC. The maximum Gasteiger partial charge on any atom is 0.129 e. The molecule has 0 radical (unpaired) electrons. The van der Waals surface area contributed by atoms with E-state index in [0.717, 1.165) is 0 Å². The number of hydrogen-bond acceptors (Lipinski definition) is 3.